The second kappa shape index (κ2) is 6.20. The van der Waals surface area contributed by atoms with Crippen LogP contribution in [0.1, 0.15) is 41.8 Å². The monoisotopic (exact) mass is 312 g/mol. The minimum absolute atomic E-state index is 0.166. The number of pyridine rings is 1. The predicted octanol–water partition coefficient (Wildman–Crippen LogP) is 2.02. The normalized spacial score (nSPS) is 11.3. The highest BCUT2D eigenvalue weighted by Gasteiger charge is 2.13. The van der Waals surface area contributed by atoms with Crippen molar-refractivity contribution in [3.8, 4) is 0 Å². The average molecular weight is 312 g/mol. The molecule has 7 nitrogen and oxygen atoms in total. The van der Waals surface area contributed by atoms with E-state index in [4.69, 9.17) is 0 Å². The molecule has 2 N–H and O–H groups in total. The Morgan fingerprint density at radius 1 is 1.39 bits per heavy atom. The van der Waals surface area contributed by atoms with Gasteiger partial charge in [0.25, 0.3) is 5.91 Å². The van der Waals surface area contributed by atoms with Crippen LogP contribution in [0.4, 0.5) is 0 Å². The number of aromatic nitrogens is 5. The Hall–Kier alpha value is -2.70. The molecule has 0 aliphatic carbocycles. The number of nitrogens with one attached hydrogen (secondary N) is 2. The third-order valence-corrected chi connectivity index (χ3v) is 3.66. The van der Waals surface area contributed by atoms with E-state index in [2.05, 4.69) is 43.7 Å². The van der Waals surface area contributed by atoms with Gasteiger partial charge in [0.15, 0.2) is 0 Å². The fraction of sp³-hybridized carbons (Fsp3) is 0.375. The van der Waals surface area contributed by atoms with E-state index in [1.165, 1.54) is 0 Å². The number of aryl methyl sites for hydroxylation is 1. The molecule has 1 amide bonds. The van der Waals surface area contributed by atoms with Gasteiger partial charge < -0.3 is 14.9 Å². The van der Waals surface area contributed by atoms with Crippen LogP contribution in [0.5, 0.6) is 0 Å². The van der Waals surface area contributed by atoms with Crippen molar-refractivity contribution in [2.24, 2.45) is 0 Å². The summed E-state index contributed by atoms with van der Waals surface area (Å²) < 4.78 is 2.06. The number of fused-ring (bicyclic) bond motifs is 1. The molecule has 0 unspecified atom stereocenters. The van der Waals surface area contributed by atoms with Gasteiger partial charge in [-0.05, 0) is 6.92 Å². The number of carbonyl (C=O) groups excluding carboxylic acids is 1. The van der Waals surface area contributed by atoms with E-state index < -0.39 is 0 Å². The van der Waals surface area contributed by atoms with Crippen LogP contribution in [0.2, 0.25) is 0 Å². The van der Waals surface area contributed by atoms with E-state index >= 15 is 0 Å². The molecule has 0 atom stereocenters. The Morgan fingerprint density at radius 2 is 2.22 bits per heavy atom. The molecule has 120 valence electrons. The molecule has 0 saturated heterocycles. The Balaban J connectivity index is 1.68. The summed E-state index contributed by atoms with van der Waals surface area (Å²) in [4.78, 5) is 28.3. The highest BCUT2D eigenvalue weighted by atomic mass is 16.1. The number of carbonyl (C=O) groups is 1. The highest BCUT2D eigenvalue weighted by molar-refractivity contribution is 6.04. The Kier molecular flexibility index (Phi) is 4.10. The summed E-state index contributed by atoms with van der Waals surface area (Å²) in [5.41, 5.74) is 1.91. The molecule has 0 aliphatic rings. The molecule has 0 spiro atoms. The van der Waals surface area contributed by atoms with E-state index in [-0.39, 0.29) is 5.91 Å². The number of amides is 1. The van der Waals surface area contributed by atoms with Crippen LogP contribution in [0.3, 0.4) is 0 Å². The summed E-state index contributed by atoms with van der Waals surface area (Å²) in [5, 5.41) is 2.92. The van der Waals surface area contributed by atoms with Gasteiger partial charge in [0.05, 0.1) is 17.3 Å². The second-order valence-corrected chi connectivity index (χ2v) is 5.79. The lowest BCUT2D eigenvalue weighted by Crippen LogP contribution is -2.28. The van der Waals surface area contributed by atoms with Crippen molar-refractivity contribution in [3.05, 3.63) is 42.0 Å². The van der Waals surface area contributed by atoms with Crippen LogP contribution in [0, 0.1) is 6.92 Å². The van der Waals surface area contributed by atoms with E-state index in [1.54, 1.807) is 18.6 Å². The molecule has 0 aromatic carbocycles. The van der Waals surface area contributed by atoms with Gasteiger partial charge in [-0.2, -0.15) is 0 Å². The van der Waals surface area contributed by atoms with Crippen LogP contribution in [-0.2, 0) is 6.54 Å². The van der Waals surface area contributed by atoms with Crippen molar-refractivity contribution in [2.75, 3.05) is 6.54 Å². The number of hydrogen-bond donors (Lipinski definition) is 2. The number of hydrogen-bond acceptors (Lipinski definition) is 4. The zero-order valence-electron chi connectivity index (χ0n) is 13.5. The van der Waals surface area contributed by atoms with Crippen molar-refractivity contribution in [2.45, 2.75) is 33.2 Å². The fourth-order valence-corrected chi connectivity index (χ4v) is 2.62. The lowest BCUT2D eigenvalue weighted by Gasteiger charge is -2.11. The van der Waals surface area contributed by atoms with E-state index in [0.717, 1.165) is 17.2 Å². The lowest BCUT2D eigenvalue weighted by atomic mass is 10.2. The fourth-order valence-electron chi connectivity index (χ4n) is 2.62. The molecule has 23 heavy (non-hydrogen) atoms. The molecule has 0 radical (unpaired) electrons. The van der Waals surface area contributed by atoms with Crippen molar-refractivity contribution in [3.63, 3.8) is 0 Å². The lowest BCUT2D eigenvalue weighted by molar-refractivity contribution is 0.0953. The number of H-pyrrole nitrogens is 1. The maximum atomic E-state index is 12.4. The smallest absolute Gasteiger partial charge is 0.255 e. The van der Waals surface area contributed by atoms with Gasteiger partial charge in [-0.3, -0.25) is 9.78 Å². The van der Waals surface area contributed by atoms with Crippen molar-refractivity contribution in [1.29, 1.82) is 0 Å². The first-order valence-corrected chi connectivity index (χ1v) is 7.66. The highest BCUT2D eigenvalue weighted by Crippen LogP contribution is 2.15. The van der Waals surface area contributed by atoms with Gasteiger partial charge in [-0.15, -0.1) is 0 Å². The predicted molar refractivity (Wildman–Crippen MR) is 87.3 cm³/mol. The third-order valence-electron chi connectivity index (χ3n) is 3.66. The maximum absolute atomic E-state index is 12.4. The molecule has 3 aromatic heterocycles. The van der Waals surface area contributed by atoms with E-state index in [9.17, 15) is 4.79 Å². The maximum Gasteiger partial charge on any atom is 0.255 e. The topological polar surface area (TPSA) is 88.5 Å². The number of aromatic amines is 1. The molecule has 3 aromatic rings. The zero-order valence-corrected chi connectivity index (χ0v) is 13.5. The van der Waals surface area contributed by atoms with Crippen molar-refractivity contribution in [1.82, 2.24) is 29.8 Å². The van der Waals surface area contributed by atoms with E-state index in [0.29, 0.717) is 30.1 Å². The first kappa shape index (κ1) is 15.2. The van der Waals surface area contributed by atoms with Crippen molar-refractivity contribution < 1.29 is 4.79 Å². The molecular formula is C16H20N6O. The first-order valence-electron chi connectivity index (χ1n) is 7.66. The minimum atomic E-state index is -0.166. The number of rotatable bonds is 5. The molecule has 3 heterocycles. The van der Waals surface area contributed by atoms with Gasteiger partial charge in [-0.25, -0.2) is 9.97 Å². The van der Waals surface area contributed by atoms with Gasteiger partial charge in [-0.1, -0.05) is 13.8 Å². The molecule has 0 aliphatic heterocycles. The van der Waals surface area contributed by atoms with Crippen LogP contribution < -0.4 is 5.32 Å². The average Bonchev–Trinajstić information content (AvgIpc) is 3.11. The van der Waals surface area contributed by atoms with Gasteiger partial charge in [0.2, 0.25) is 0 Å². The third kappa shape index (κ3) is 3.08. The quantitative estimate of drug-likeness (QED) is 0.754. The Labute approximate surface area is 134 Å². The van der Waals surface area contributed by atoms with Crippen LogP contribution >= 0.6 is 0 Å². The van der Waals surface area contributed by atoms with Gasteiger partial charge in [0.1, 0.15) is 17.2 Å². The molecule has 0 fully saturated rings. The zero-order chi connectivity index (χ0) is 16.4. The van der Waals surface area contributed by atoms with Crippen LogP contribution in [-0.4, -0.2) is 37.0 Å². The minimum Gasteiger partial charge on any atom is -0.350 e. The summed E-state index contributed by atoms with van der Waals surface area (Å²) in [6.45, 7) is 7.26. The van der Waals surface area contributed by atoms with Crippen LogP contribution in [0.25, 0.3) is 11.0 Å². The first-order chi connectivity index (χ1) is 11.1. The summed E-state index contributed by atoms with van der Waals surface area (Å²) >= 11 is 0. The summed E-state index contributed by atoms with van der Waals surface area (Å²) in [5.74, 6) is 1.97. The molecule has 0 saturated carbocycles. The number of nitrogens with zero attached hydrogens (tertiary/aromatic N) is 4. The number of imidazole rings is 2. The Morgan fingerprint density at radius 3 is 3.00 bits per heavy atom. The summed E-state index contributed by atoms with van der Waals surface area (Å²) in [6, 6.07) is 0. The second-order valence-electron chi connectivity index (χ2n) is 5.79. The van der Waals surface area contributed by atoms with Gasteiger partial charge in [0, 0.05) is 37.6 Å². The standard InChI is InChI=1S/C16H20N6O/c1-10(2)15-18-4-6-22(15)7-5-19-16(23)12-8-17-9-13-14(12)21-11(3)20-13/h4,6,8-10H,5,7H2,1-3H3,(H,19,23)(H,20,21). The Bertz CT molecular complexity index is 832. The molecule has 3 rings (SSSR count). The summed E-state index contributed by atoms with van der Waals surface area (Å²) in [6.07, 6.45) is 6.94. The molecule has 0 bridgehead atoms. The van der Waals surface area contributed by atoms with Crippen LogP contribution in [0.15, 0.2) is 24.8 Å². The SMILES string of the molecule is Cc1nc2c(C(=O)NCCn3ccnc3C(C)C)cncc2[nH]1. The largest absolute Gasteiger partial charge is 0.350 e. The van der Waals surface area contributed by atoms with Gasteiger partial charge >= 0.3 is 0 Å². The molecule has 7 heteroatoms. The summed E-state index contributed by atoms with van der Waals surface area (Å²) in [7, 11) is 0. The van der Waals surface area contributed by atoms with Crippen molar-refractivity contribution >= 4 is 16.9 Å². The van der Waals surface area contributed by atoms with E-state index in [1.807, 2.05) is 13.1 Å². The molecular weight excluding hydrogens is 292 g/mol.